The highest BCUT2D eigenvalue weighted by atomic mass is 15.1. The maximum atomic E-state index is 2.45. The van der Waals surface area contributed by atoms with Crippen LogP contribution in [0.15, 0.2) is 36.4 Å². The van der Waals surface area contributed by atoms with E-state index in [0.717, 1.165) is 0 Å². The lowest BCUT2D eigenvalue weighted by Gasteiger charge is -2.46. The van der Waals surface area contributed by atoms with E-state index in [1.807, 2.05) is 0 Å². The number of unbranched alkanes of at least 4 members (excludes halogenated alkanes) is 2. The van der Waals surface area contributed by atoms with E-state index in [-0.39, 0.29) is 5.41 Å². The second-order valence-electron chi connectivity index (χ2n) is 7.79. The van der Waals surface area contributed by atoms with Crippen molar-refractivity contribution in [2.24, 2.45) is 0 Å². The number of anilines is 2. The molecule has 0 aliphatic carbocycles. The van der Waals surface area contributed by atoms with Gasteiger partial charge < -0.3 is 4.90 Å². The zero-order chi connectivity index (χ0) is 18.0. The number of nitrogens with zero attached hydrogens (tertiary/aromatic N) is 1. The highest BCUT2D eigenvalue weighted by molar-refractivity contribution is 5.81. The lowest BCUT2D eigenvalue weighted by molar-refractivity contribution is 0.402. The van der Waals surface area contributed by atoms with Gasteiger partial charge in [0.25, 0.3) is 0 Å². The van der Waals surface area contributed by atoms with Gasteiger partial charge in [0.2, 0.25) is 0 Å². The van der Waals surface area contributed by atoms with E-state index in [1.54, 1.807) is 11.1 Å². The summed E-state index contributed by atoms with van der Waals surface area (Å²) in [6, 6.07) is 13.8. The standard InChI is InChI=1S/C24H33N/c1-6-8-16-24(17-9-7-2)20-14-10-12-18(3)22(20)25(5)23-19(4)13-11-15-21(23)24/h10-15H,6-9,16-17H2,1-5H3. The highest BCUT2D eigenvalue weighted by Crippen LogP contribution is 2.54. The van der Waals surface area contributed by atoms with Gasteiger partial charge in [-0.3, -0.25) is 0 Å². The van der Waals surface area contributed by atoms with Gasteiger partial charge >= 0.3 is 0 Å². The summed E-state index contributed by atoms with van der Waals surface area (Å²) in [4.78, 5) is 2.45. The number of hydrogen-bond donors (Lipinski definition) is 0. The van der Waals surface area contributed by atoms with Crippen LogP contribution in [0.4, 0.5) is 11.4 Å². The van der Waals surface area contributed by atoms with Crippen LogP contribution in [0, 0.1) is 13.8 Å². The van der Waals surface area contributed by atoms with Crippen molar-refractivity contribution in [3.63, 3.8) is 0 Å². The molecular formula is C24H33N. The Morgan fingerprint density at radius 2 is 1.20 bits per heavy atom. The quantitative estimate of drug-likeness (QED) is 0.546. The van der Waals surface area contributed by atoms with Gasteiger partial charge in [0.05, 0.1) is 0 Å². The molecule has 2 aromatic carbocycles. The second kappa shape index (κ2) is 7.23. The van der Waals surface area contributed by atoms with Gasteiger partial charge in [0, 0.05) is 23.8 Å². The predicted molar refractivity (Wildman–Crippen MR) is 110 cm³/mol. The number of para-hydroxylation sites is 2. The Balaban J connectivity index is 2.31. The zero-order valence-electron chi connectivity index (χ0n) is 16.7. The summed E-state index contributed by atoms with van der Waals surface area (Å²) in [5, 5.41) is 0. The first-order chi connectivity index (χ1) is 12.1. The minimum Gasteiger partial charge on any atom is -0.344 e. The third-order valence-electron chi connectivity index (χ3n) is 6.09. The molecule has 0 saturated carbocycles. The average Bonchev–Trinajstić information content (AvgIpc) is 2.61. The van der Waals surface area contributed by atoms with Crippen LogP contribution < -0.4 is 4.90 Å². The van der Waals surface area contributed by atoms with E-state index in [0.29, 0.717) is 0 Å². The van der Waals surface area contributed by atoms with Gasteiger partial charge in [-0.1, -0.05) is 75.9 Å². The van der Waals surface area contributed by atoms with Gasteiger partial charge in [-0.15, -0.1) is 0 Å². The molecule has 0 aromatic heterocycles. The van der Waals surface area contributed by atoms with Gasteiger partial charge in [0.15, 0.2) is 0 Å². The predicted octanol–water partition coefficient (Wildman–Crippen LogP) is 7.05. The van der Waals surface area contributed by atoms with Crippen molar-refractivity contribution in [2.45, 2.75) is 71.6 Å². The van der Waals surface area contributed by atoms with E-state index in [9.17, 15) is 0 Å². The van der Waals surface area contributed by atoms with Gasteiger partial charge in [-0.25, -0.2) is 0 Å². The Morgan fingerprint density at radius 3 is 1.60 bits per heavy atom. The first kappa shape index (κ1) is 18.0. The van der Waals surface area contributed by atoms with Crippen LogP contribution in [-0.2, 0) is 5.41 Å². The third kappa shape index (κ3) is 2.88. The molecule has 0 atom stereocenters. The average molecular weight is 336 g/mol. The monoisotopic (exact) mass is 335 g/mol. The number of hydrogen-bond acceptors (Lipinski definition) is 1. The molecule has 134 valence electrons. The SMILES string of the molecule is CCCCC1(CCCC)c2cccc(C)c2N(C)c2c(C)cccc21. The molecule has 0 saturated heterocycles. The number of rotatable bonds is 6. The topological polar surface area (TPSA) is 3.24 Å². The van der Waals surface area contributed by atoms with Crippen LogP contribution in [0.25, 0.3) is 0 Å². The number of fused-ring (bicyclic) bond motifs is 2. The van der Waals surface area contributed by atoms with Crippen LogP contribution >= 0.6 is 0 Å². The fourth-order valence-electron chi connectivity index (χ4n) is 4.86. The van der Waals surface area contributed by atoms with Crippen molar-refractivity contribution in [1.29, 1.82) is 0 Å². The van der Waals surface area contributed by atoms with E-state index >= 15 is 0 Å². The fraction of sp³-hybridized carbons (Fsp3) is 0.500. The first-order valence-electron chi connectivity index (χ1n) is 10.0. The van der Waals surface area contributed by atoms with E-state index in [2.05, 4.69) is 76.0 Å². The molecule has 0 unspecified atom stereocenters. The van der Waals surface area contributed by atoms with Crippen LogP contribution in [0.5, 0.6) is 0 Å². The molecule has 0 N–H and O–H groups in total. The molecule has 1 heterocycles. The minimum absolute atomic E-state index is 0.168. The lowest BCUT2D eigenvalue weighted by Crippen LogP contribution is -2.36. The van der Waals surface area contributed by atoms with Crippen molar-refractivity contribution >= 4 is 11.4 Å². The van der Waals surface area contributed by atoms with E-state index < -0.39 is 0 Å². The molecule has 2 aromatic rings. The minimum atomic E-state index is 0.168. The maximum absolute atomic E-state index is 2.45. The van der Waals surface area contributed by atoms with Gasteiger partial charge in [-0.05, 0) is 48.9 Å². The maximum Gasteiger partial charge on any atom is 0.0479 e. The van der Waals surface area contributed by atoms with Crippen LogP contribution in [0.3, 0.4) is 0 Å². The molecule has 0 bridgehead atoms. The first-order valence-corrected chi connectivity index (χ1v) is 10.0. The van der Waals surface area contributed by atoms with Crippen molar-refractivity contribution in [1.82, 2.24) is 0 Å². The summed E-state index contributed by atoms with van der Waals surface area (Å²) in [5.74, 6) is 0. The van der Waals surface area contributed by atoms with Crippen molar-refractivity contribution in [3.8, 4) is 0 Å². The number of aryl methyl sites for hydroxylation is 2. The molecule has 0 spiro atoms. The second-order valence-corrected chi connectivity index (χ2v) is 7.79. The summed E-state index contributed by atoms with van der Waals surface area (Å²) in [6.45, 7) is 9.17. The van der Waals surface area contributed by atoms with Crippen molar-refractivity contribution < 1.29 is 0 Å². The van der Waals surface area contributed by atoms with Crippen molar-refractivity contribution in [3.05, 3.63) is 58.7 Å². The summed E-state index contributed by atoms with van der Waals surface area (Å²) >= 11 is 0. The van der Waals surface area contributed by atoms with Gasteiger partial charge in [0.1, 0.15) is 0 Å². The largest absolute Gasteiger partial charge is 0.344 e. The Labute approximate surface area is 154 Å². The molecule has 1 aliphatic heterocycles. The Morgan fingerprint density at radius 1 is 0.760 bits per heavy atom. The highest BCUT2D eigenvalue weighted by Gasteiger charge is 2.42. The van der Waals surface area contributed by atoms with Crippen LogP contribution in [0.2, 0.25) is 0 Å². The Hall–Kier alpha value is -1.76. The fourth-order valence-corrected chi connectivity index (χ4v) is 4.86. The number of benzene rings is 2. The lowest BCUT2D eigenvalue weighted by atomic mass is 9.64. The van der Waals surface area contributed by atoms with Crippen molar-refractivity contribution in [2.75, 3.05) is 11.9 Å². The smallest absolute Gasteiger partial charge is 0.0479 e. The molecular weight excluding hydrogens is 302 g/mol. The summed E-state index contributed by atoms with van der Waals surface area (Å²) in [6.07, 6.45) is 7.59. The third-order valence-corrected chi connectivity index (χ3v) is 6.09. The molecule has 25 heavy (non-hydrogen) atoms. The summed E-state index contributed by atoms with van der Waals surface area (Å²) in [5.41, 5.74) is 8.94. The molecule has 0 fully saturated rings. The van der Waals surface area contributed by atoms with Crippen LogP contribution in [-0.4, -0.2) is 7.05 Å². The molecule has 0 amide bonds. The summed E-state index contributed by atoms with van der Waals surface area (Å²) < 4.78 is 0. The molecule has 3 rings (SSSR count). The van der Waals surface area contributed by atoms with Gasteiger partial charge in [-0.2, -0.15) is 0 Å². The van der Waals surface area contributed by atoms with E-state index in [4.69, 9.17) is 0 Å². The Bertz CT molecular complexity index is 680. The molecule has 0 radical (unpaired) electrons. The molecule has 1 aliphatic rings. The van der Waals surface area contributed by atoms with Crippen LogP contribution in [0.1, 0.15) is 74.6 Å². The zero-order valence-corrected chi connectivity index (χ0v) is 16.7. The van der Waals surface area contributed by atoms with E-state index in [1.165, 1.54) is 61.0 Å². The molecule has 1 heteroatoms. The normalized spacial score (nSPS) is 15.0. The molecule has 1 nitrogen and oxygen atoms in total. The summed E-state index contributed by atoms with van der Waals surface area (Å²) in [7, 11) is 2.25. The Kier molecular flexibility index (Phi) is 5.22.